The van der Waals surface area contributed by atoms with E-state index in [9.17, 15) is 4.79 Å². The highest BCUT2D eigenvalue weighted by molar-refractivity contribution is 7.10. The summed E-state index contributed by atoms with van der Waals surface area (Å²) in [5.74, 6) is 0. The Bertz CT molecular complexity index is 493. The summed E-state index contributed by atoms with van der Waals surface area (Å²) in [5.41, 5.74) is 1.00. The summed E-state index contributed by atoms with van der Waals surface area (Å²) in [4.78, 5) is 15.4. The number of carbonyl (C=O) groups is 1. The van der Waals surface area contributed by atoms with Gasteiger partial charge in [-0.2, -0.15) is 0 Å². The fourth-order valence-electron chi connectivity index (χ4n) is 2.71. The lowest BCUT2D eigenvalue weighted by atomic mass is 10.1. The number of ether oxygens (including phenoxy) is 1. The molecule has 1 fully saturated rings. The molecule has 0 aromatic carbocycles. The Morgan fingerprint density at radius 1 is 1.50 bits per heavy atom. The van der Waals surface area contributed by atoms with E-state index in [2.05, 4.69) is 23.7 Å². The topological polar surface area (TPSA) is 41.6 Å². The highest BCUT2D eigenvalue weighted by Crippen LogP contribution is 2.19. The molecule has 2 rings (SSSR count). The van der Waals surface area contributed by atoms with Crippen LogP contribution in [0.25, 0.3) is 0 Å². The smallest absolute Gasteiger partial charge is 0.410 e. The zero-order chi connectivity index (χ0) is 16.2. The number of nitrogens with zero attached hydrogens (tertiary/aromatic N) is 1. The van der Waals surface area contributed by atoms with Crippen molar-refractivity contribution in [3.05, 3.63) is 21.9 Å². The normalized spacial score (nSPS) is 19.3. The lowest BCUT2D eigenvalue weighted by Gasteiger charge is -2.34. The first-order valence-corrected chi connectivity index (χ1v) is 9.03. The van der Waals surface area contributed by atoms with Gasteiger partial charge in [0.15, 0.2) is 0 Å². The third-order valence-electron chi connectivity index (χ3n) is 3.84. The van der Waals surface area contributed by atoms with Gasteiger partial charge < -0.3 is 15.0 Å². The number of aryl methyl sites for hydroxylation is 1. The van der Waals surface area contributed by atoms with E-state index in [0.29, 0.717) is 6.04 Å². The predicted molar refractivity (Wildman–Crippen MR) is 91.4 cm³/mol. The SMILES string of the molecule is CCc1ccsc1CNC1CCCN(C(=O)OC(C)(C)C)C1. The summed E-state index contributed by atoms with van der Waals surface area (Å²) < 4.78 is 5.47. The number of hydrogen-bond acceptors (Lipinski definition) is 4. The van der Waals surface area contributed by atoms with Crippen molar-refractivity contribution in [1.29, 1.82) is 0 Å². The largest absolute Gasteiger partial charge is 0.444 e. The standard InChI is InChI=1S/C17H28N2O2S/c1-5-13-8-10-22-15(13)11-18-14-7-6-9-19(12-14)16(20)21-17(2,3)4/h8,10,14,18H,5-7,9,11-12H2,1-4H3. The second-order valence-electron chi connectivity index (χ2n) is 6.87. The van der Waals surface area contributed by atoms with Gasteiger partial charge in [-0.1, -0.05) is 6.92 Å². The van der Waals surface area contributed by atoms with Crippen molar-refractivity contribution in [2.45, 2.75) is 65.1 Å². The molecule has 1 atom stereocenters. The van der Waals surface area contributed by atoms with Crippen molar-refractivity contribution >= 4 is 17.4 Å². The van der Waals surface area contributed by atoms with Crippen LogP contribution in [0.4, 0.5) is 4.79 Å². The van der Waals surface area contributed by atoms with Crippen LogP contribution in [0.5, 0.6) is 0 Å². The Hall–Kier alpha value is -1.07. The number of carbonyl (C=O) groups excluding carboxylic acids is 1. The van der Waals surface area contributed by atoms with Crippen molar-refractivity contribution in [2.75, 3.05) is 13.1 Å². The van der Waals surface area contributed by atoms with Gasteiger partial charge in [0, 0.05) is 30.6 Å². The summed E-state index contributed by atoms with van der Waals surface area (Å²) in [6, 6.07) is 2.56. The zero-order valence-corrected chi connectivity index (χ0v) is 15.0. The molecule has 1 unspecified atom stereocenters. The van der Waals surface area contributed by atoms with Gasteiger partial charge in [0.25, 0.3) is 0 Å². The Morgan fingerprint density at radius 3 is 2.95 bits per heavy atom. The van der Waals surface area contributed by atoms with Gasteiger partial charge in [0.2, 0.25) is 0 Å². The molecule has 0 radical (unpaired) electrons. The van der Waals surface area contributed by atoms with Gasteiger partial charge in [0.1, 0.15) is 5.60 Å². The molecule has 4 nitrogen and oxygen atoms in total. The summed E-state index contributed by atoms with van der Waals surface area (Å²) in [7, 11) is 0. The quantitative estimate of drug-likeness (QED) is 0.916. The van der Waals surface area contributed by atoms with E-state index in [1.54, 1.807) is 0 Å². The monoisotopic (exact) mass is 324 g/mol. The fraction of sp³-hybridized carbons (Fsp3) is 0.706. The van der Waals surface area contributed by atoms with Gasteiger partial charge in [-0.05, 0) is 57.0 Å². The molecular formula is C17H28N2O2S. The zero-order valence-electron chi connectivity index (χ0n) is 14.1. The van der Waals surface area contributed by atoms with Gasteiger partial charge >= 0.3 is 6.09 Å². The van der Waals surface area contributed by atoms with Crippen LogP contribution in [0.1, 0.15) is 51.0 Å². The van der Waals surface area contributed by atoms with Crippen molar-refractivity contribution in [3.63, 3.8) is 0 Å². The van der Waals surface area contributed by atoms with E-state index in [-0.39, 0.29) is 6.09 Å². The molecule has 22 heavy (non-hydrogen) atoms. The van der Waals surface area contributed by atoms with Crippen LogP contribution in [-0.4, -0.2) is 35.7 Å². The second-order valence-corrected chi connectivity index (χ2v) is 7.87. The summed E-state index contributed by atoms with van der Waals surface area (Å²) >= 11 is 1.81. The first kappa shape index (κ1) is 17.3. The molecule has 1 aliphatic rings. The summed E-state index contributed by atoms with van der Waals surface area (Å²) in [5, 5.41) is 5.76. The average molecular weight is 324 g/mol. The van der Waals surface area contributed by atoms with Crippen LogP contribution in [0, 0.1) is 0 Å². The predicted octanol–water partition coefficient (Wildman–Crippen LogP) is 3.80. The second kappa shape index (κ2) is 7.47. The molecule has 2 heterocycles. The van der Waals surface area contributed by atoms with E-state index in [1.807, 2.05) is 37.0 Å². The highest BCUT2D eigenvalue weighted by atomic mass is 32.1. The molecule has 1 aromatic heterocycles. The number of nitrogens with one attached hydrogen (secondary N) is 1. The molecule has 1 amide bonds. The molecule has 5 heteroatoms. The van der Waals surface area contributed by atoms with Crippen molar-refractivity contribution in [3.8, 4) is 0 Å². The number of thiophene rings is 1. The van der Waals surface area contributed by atoms with E-state index >= 15 is 0 Å². The molecule has 0 aliphatic carbocycles. The van der Waals surface area contributed by atoms with Gasteiger partial charge in [0.05, 0.1) is 0 Å². The number of amides is 1. The van der Waals surface area contributed by atoms with Crippen LogP contribution in [0.3, 0.4) is 0 Å². The van der Waals surface area contributed by atoms with Crippen molar-refractivity contribution < 1.29 is 9.53 Å². The maximum atomic E-state index is 12.2. The molecule has 1 aromatic rings. The van der Waals surface area contributed by atoms with Crippen LogP contribution < -0.4 is 5.32 Å². The van der Waals surface area contributed by atoms with Gasteiger partial charge in [-0.25, -0.2) is 4.79 Å². The molecule has 0 saturated carbocycles. The summed E-state index contributed by atoms with van der Waals surface area (Å²) in [6.07, 6.45) is 3.04. The molecule has 0 spiro atoms. The lowest BCUT2D eigenvalue weighted by molar-refractivity contribution is 0.0187. The number of rotatable bonds is 4. The van der Waals surface area contributed by atoms with Crippen LogP contribution in [-0.2, 0) is 17.7 Å². The first-order chi connectivity index (χ1) is 10.4. The number of hydrogen-bond donors (Lipinski definition) is 1. The molecule has 1 saturated heterocycles. The highest BCUT2D eigenvalue weighted by Gasteiger charge is 2.27. The van der Waals surface area contributed by atoms with E-state index < -0.39 is 5.60 Å². The van der Waals surface area contributed by atoms with Gasteiger partial charge in [-0.15, -0.1) is 11.3 Å². The number of likely N-dealkylation sites (tertiary alicyclic amines) is 1. The van der Waals surface area contributed by atoms with Gasteiger partial charge in [-0.3, -0.25) is 0 Å². The Kier molecular flexibility index (Phi) is 5.87. The number of piperidine rings is 1. The third kappa shape index (κ3) is 4.99. The van der Waals surface area contributed by atoms with E-state index in [4.69, 9.17) is 4.74 Å². The van der Waals surface area contributed by atoms with Crippen molar-refractivity contribution in [2.24, 2.45) is 0 Å². The molecular weight excluding hydrogens is 296 g/mol. The van der Waals surface area contributed by atoms with E-state index in [1.165, 1.54) is 10.4 Å². The van der Waals surface area contributed by atoms with E-state index in [0.717, 1.165) is 38.9 Å². The maximum Gasteiger partial charge on any atom is 0.410 e. The Morgan fingerprint density at radius 2 is 2.27 bits per heavy atom. The van der Waals surface area contributed by atoms with Crippen molar-refractivity contribution in [1.82, 2.24) is 10.2 Å². The van der Waals surface area contributed by atoms with Crippen LogP contribution in [0.2, 0.25) is 0 Å². The summed E-state index contributed by atoms with van der Waals surface area (Å²) in [6.45, 7) is 10.4. The minimum Gasteiger partial charge on any atom is -0.444 e. The molecule has 1 aliphatic heterocycles. The lowest BCUT2D eigenvalue weighted by Crippen LogP contribution is -2.49. The molecule has 1 N–H and O–H groups in total. The average Bonchev–Trinajstić information content (AvgIpc) is 2.91. The fourth-order valence-corrected chi connectivity index (χ4v) is 3.64. The molecule has 0 bridgehead atoms. The minimum atomic E-state index is -0.426. The minimum absolute atomic E-state index is 0.190. The third-order valence-corrected chi connectivity index (χ3v) is 4.81. The first-order valence-electron chi connectivity index (χ1n) is 8.15. The molecule has 124 valence electrons. The Labute approximate surface area is 137 Å². The maximum absolute atomic E-state index is 12.2. The Balaban J connectivity index is 1.84. The van der Waals surface area contributed by atoms with Crippen LogP contribution >= 0.6 is 11.3 Å². The van der Waals surface area contributed by atoms with Crippen LogP contribution in [0.15, 0.2) is 11.4 Å².